The van der Waals surface area contributed by atoms with Crippen LogP contribution < -0.4 is 5.32 Å². The van der Waals surface area contributed by atoms with Crippen molar-refractivity contribution in [3.05, 3.63) is 0 Å². The molecule has 1 atom stereocenters. The summed E-state index contributed by atoms with van der Waals surface area (Å²) in [6, 6.07) is 1.21. The average molecular weight is 211 g/mol. The van der Waals surface area contributed by atoms with Gasteiger partial charge >= 0.3 is 6.03 Å². The van der Waals surface area contributed by atoms with E-state index in [-0.39, 0.29) is 6.03 Å². The van der Waals surface area contributed by atoms with Crippen molar-refractivity contribution < 1.29 is 4.79 Å². The maximum absolute atomic E-state index is 11.9. The van der Waals surface area contributed by atoms with Gasteiger partial charge in [-0.15, -0.1) is 0 Å². The van der Waals surface area contributed by atoms with Crippen LogP contribution in [0, 0.1) is 0 Å². The topological polar surface area (TPSA) is 35.6 Å². The maximum Gasteiger partial charge on any atom is 0.319 e. The van der Waals surface area contributed by atoms with Gasteiger partial charge in [-0.1, -0.05) is 0 Å². The van der Waals surface area contributed by atoms with Crippen molar-refractivity contribution in [2.75, 3.05) is 27.2 Å². The van der Waals surface area contributed by atoms with E-state index in [4.69, 9.17) is 0 Å². The summed E-state index contributed by atoms with van der Waals surface area (Å²) in [6.07, 6.45) is 4.84. The first-order valence-corrected chi connectivity index (χ1v) is 5.90. The van der Waals surface area contributed by atoms with Gasteiger partial charge in [0.2, 0.25) is 0 Å². The lowest BCUT2D eigenvalue weighted by Crippen LogP contribution is -2.46. The van der Waals surface area contributed by atoms with Gasteiger partial charge in [-0.2, -0.15) is 0 Å². The zero-order valence-electron chi connectivity index (χ0n) is 9.70. The fraction of sp³-hybridized carbons (Fsp3) is 0.909. The minimum Gasteiger partial charge on any atom is -0.331 e. The van der Waals surface area contributed by atoms with Crippen LogP contribution in [0.25, 0.3) is 0 Å². The number of amides is 2. The largest absolute Gasteiger partial charge is 0.331 e. The minimum absolute atomic E-state index is 0.172. The Balaban J connectivity index is 1.90. The number of hydrogen-bond acceptors (Lipinski definition) is 2. The van der Waals surface area contributed by atoms with Gasteiger partial charge < -0.3 is 15.1 Å². The molecule has 4 nitrogen and oxygen atoms in total. The molecule has 4 heteroatoms. The molecule has 0 bridgehead atoms. The molecule has 0 aromatic heterocycles. The summed E-state index contributed by atoms with van der Waals surface area (Å²) in [5.41, 5.74) is 0. The minimum atomic E-state index is 0.172. The zero-order chi connectivity index (χ0) is 10.8. The quantitative estimate of drug-likeness (QED) is 0.752. The van der Waals surface area contributed by atoms with E-state index in [9.17, 15) is 4.79 Å². The molecule has 86 valence electrons. The number of carbonyl (C=O) groups is 1. The Bertz CT molecular complexity index is 232. The van der Waals surface area contributed by atoms with E-state index in [2.05, 4.69) is 5.32 Å². The SMILES string of the molecule is CN(C)C(=O)N(CC1CCCN1)C1CC1. The van der Waals surface area contributed by atoms with Gasteiger partial charge in [0.05, 0.1) is 0 Å². The standard InChI is InChI=1S/C11H21N3O/c1-13(2)11(15)14(10-5-6-10)8-9-4-3-7-12-9/h9-10,12H,3-8H2,1-2H3. The normalized spacial score (nSPS) is 25.3. The van der Waals surface area contributed by atoms with E-state index in [0.29, 0.717) is 12.1 Å². The van der Waals surface area contributed by atoms with Crippen LogP contribution in [0.15, 0.2) is 0 Å². The number of nitrogens with one attached hydrogen (secondary N) is 1. The fourth-order valence-corrected chi connectivity index (χ4v) is 2.18. The van der Waals surface area contributed by atoms with Crippen molar-refractivity contribution in [1.29, 1.82) is 0 Å². The zero-order valence-corrected chi connectivity index (χ0v) is 9.70. The van der Waals surface area contributed by atoms with E-state index in [1.54, 1.807) is 4.90 Å². The Labute approximate surface area is 91.6 Å². The van der Waals surface area contributed by atoms with Crippen molar-refractivity contribution in [3.63, 3.8) is 0 Å². The smallest absolute Gasteiger partial charge is 0.319 e. The molecule has 1 aliphatic carbocycles. The predicted molar refractivity (Wildman–Crippen MR) is 59.8 cm³/mol. The Morgan fingerprint density at radius 2 is 2.07 bits per heavy atom. The molecule has 1 N–H and O–H groups in total. The van der Waals surface area contributed by atoms with Crippen LogP contribution in [0.4, 0.5) is 4.79 Å². The molecule has 1 aliphatic heterocycles. The molecule has 0 radical (unpaired) electrons. The molecule has 1 saturated carbocycles. The molecular formula is C11H21N3O. The van der Waals surface area contributed by atoms with Crippen LogP contribution >= 0.6 is 0 Å². The first-order chi connectivity index (χ1) is 7.18. The molecule has 2 rings (SSSR count). The van der Waals surface area contributed by atoms with Crippen molar-refractivity contribution in [2.45, 2.75) is 37.8 Å². The summed E-state index contributed by atoms with van der Waals surface area (Å²) in [5.74, 6) is 0. The number of rotatable bonds is 3. The molecule has 2 fully saturated rings. The van der Waals surface area contributed by atoms with E-state index in [1.807, 2.05) is 19.0 Å². The number of nitrogens with zero attached hydrogens (tertiary/aromatic N) is 2. The van der Waals surface area contributed by atoms with E-state index in [0.717, 1.165) is 13.1 Å². The third kappa shape index (κ3) is 2.62. The summed E-state index contributed by atoms with van der Waals surface area (Å²) in [6.45, 7) is 2.00. The summed E-state index contributed by atoms with van der Waals surface area (Å²) < 4.78 is 0. The van der Waals surface area contributed by atoms with Gasteiger partial charge in [0.25, 0.3) is 0 Å². The van der Waals surface area contributed by atoms with Crippen molar-refractivity contribution in [1.82, 2.24) is 15.1 Å². The van der Waals surface area contributed by atoms with Gasteiger partial charge in [-0.25, -0.2) is 4.79 Å². The number of carbonyl (C=O) groups excluding carboxylic acids is 1. The molecule has 0 spiro atoms. The van der Waals surface area contributed by atoms with Crippen LogP contribution in [-0.4, -0.2) is 55.1 Å². The highest BCUT2D eigenvalue weighted by Crippen LogP contribution is 2.28. The second kappa shape index (κ2) is 4.39. The lowest BCUT2D eigenvalue weighted by Gasteiger charge is -2.28. The lowest BCUT2D eigenvalue weighted by atomic mass is 10.2. The maximum atomic E-state index is 11.9. The monoisotopic (exact) mass is 211 g/mol. The predicted octanol–water partition coefficient (Wildman–Crippen LogP) is 0.884. The Morgan fingerprint density at radius 1 is 1.33 bits per heavy atom. The fourth-order valence-electron chi connectivity index (χ4n) is 2.18. The average Bonchev–Trinajstić information content (AvgIpc) is 2.92. The van der Waals surface area contributed by atoms with Gasteiger partial charge in [-0.05, 0) is 32.2 Å². The highest BCUT2D eigenvalue weighted by molar-refractivity contribution is 5.74. The van der Waals surface area contributed by atoms with Crippen LogP contribution in [0.2, 0.25) is 0 Å². The second-order valence-electron chi connectivity index (χ2n) is 4.85. The first-order valence-electron chi connectivity index (χ1n) is 5.90. The Kier molecular flexibility index (Phi) is 3.14. The van der Waals surface area contributed by atoms with Crippen LogP contribution in [-0.2, 0) is 0 Å². The summed E-state index contributed by atoms with van der Waals surface area (Å²) in [4.78, 5) is 15.7. The van der Waals surface area contributed by atoms with Gasteiger partial charge in [0.1, 0.15) is 0 Å². The molecule has 0 aromatic carbocycles. The highest BCUT2D eigenvalue weighted by atomic mass is 16.2. The van der Waals surface area contributed by atoms with Gasteiger partial charge in [-0.3, -0.25) is 0 Å². The van der Waals surface area contributed by atoms with E-state index < -0.39 is 0 Å². The molecule has 1 saturated heterocycles. The molecule has 0 aromatic rings. The third-order valence-electron chi connectivity index (χ3n) is 3.20. The van der Waals surface area contributed by atoms with E-state index in [1.165, 1.54) is 25.7 Å². The second-order valence-corrected chi connectivity index (χ2v) is 4.85. The van der Waals surface area contributed by atoms with Crippen LogP contribution in [0.3, 0.4) is 0 Å². The number of urea groups is 1. The molecule has 15 heavy (non-hydrogen) atoms. The first kappa shape index (κ1) is 10.7. The van der Waals surface area contributed by atoms with Crippen molar-refractivity contribution >= 4 is 6.03 Å². The Hall–Kier alpha value is -0.770. The summed E-state index contributed by atoms with van der Waals surface area (Å²) >= 11 is 0. The molecule has 1 unspecified atom stereocenters. The highest BCUT2D eigenvalue weighted by Gasteiger charge is 2.35. The van der Waals surface area contributed by atoms with Gasteiger partial charge in [0.15, 0.2) is 0 Å². The molecular weight excluding hydrogens is 190 g/mol. The Morgan fingerprint density at radius 3 is 2.53 bits per heavy atom. The molecule has 2 amide bonds. The van der Waals surface area contributed by atoms with Crippen molar-refractivity contribution in [2.24, 2.45) is 0 Å². The summed E-state index contributed by atoms with van der Waals surface area (Å²) in [7, 11) is 3.67. The van der Waals surface area contributed by atoms with Crippen LogP contribution in [0.1, 0.15) is 25.7 Å². The van der Waals surface area contributed by atoms with Crippen LogP contribution in [0.5, 0.6) is 0 Å². The molecule has 1 heterocycles. The number of hydrogen-bond donors (Lipinski definition) is 1. The lowest BCUT2D eigenvalue weighted by molar-refractivity contribution is 0.163. The van der Waals surface area contributed by atoms with Gasteiger partial charge in [0, 0.05) is 32.7 Å². The summed E-state index contributed by atoms with van der Waals surface area (Å²) in [5, 5.41) is 3.45. The van der Waals surface area contributed by atoms with Crippen molar-refractivity contribution in [3.8, 4) is 0 Å². The molecule has 2 aliphatic rings. The van der Waals surface area contributed by atoms with E-state index >= 15 is 0 Å². The third-order valence-corrected chi connectivity index (χ3v) is 3.20.